The van der Waals surface area contributed by atoms with E-state index < -0.39 is 16.1 Å². The molecular weight excluding hydrogens is 334 g/mol. The van der Waals surface area contributed by atoms with E-state index in [2.05, 4.69) is 14.9 Å². The van der Waals surface area contributed by atoms with Gasteiger partial charge in [-0.05, 0) is 19.9 Å². The van der Waals surface area contributed by atoms with Crippen molar-refractivity contribution in [1.29, 1.82) is 0 Å². The molecule has 0 radical (unpaired) electrons. The lowest BCUT2D eigenvalue weighted by molar-refractivity contribution is 0.00149. The quantitative estimate of drug-likeness (QED) is 0.861. The molecule has 9 heteroatoms. The number of hydrogen-bond donors (Lipinski definition) is 1. The van der Waals surface area contributed by atoms with Crippen LogP contribution in [-0.4, -0.2) is 43.9 Å². The molecule has 0 amide bonds. The maximum absolute atomic E-state index is 12.7. The highest BCUT2D eigenvalue weighted by molar-refractivity contribution is 7.89. The second-order valence-electron chi connectivity index (χ2n) is 5.57. The summed E-state index contributed by atoms with van der Waals surface area (Å²) < 4.78 is 44.2. The van der Waals surface area contributed by atoms with Crippen LogP contribution in [-0.2, 0) is 14.8 Å². The Morgan fingerprint density at radius 3 is 2.83 bits per heavy atom. The number of pyridine rings is 1. The van der Waals surface area contributed by atoms with E-state index in [9.17, 15) is 8.42 Å². The smallest absolute Gasteiger partial charge is 0.246 e. The molecule has 1 aliphatic heterocycles. The molecule has 1 saturated heterocycles. The van der Waals surface area contributed by atoms with Crippen molar-refractivity contribution in [3.05, 3.63) is 35.9 Å². The largest absolute Gasteiger partial charge is 0.472 e. The van der Waals surface area contributed by atoms with Gasteiger partial charge in [-0.3, -0.25) is 0 Å². The zero-order valence-corrected chi connectivity index (χ0v) is 14.2. The first-order valence-corrected chi connectivity index (χ1v) is 9.06. The van der Waals surface area contributed by atoms with Gasteiger partial charge in [0.15, 0.2) is 5.76 Å². The molecule has 130 valence electrons. The summed E-state index contributed by atoms with van der Waals surface area (Å²) in [5.74, 6) is 0.699. The summed E-state index contributed by atoms with van der Waals surface area (Å²) in [5.41, 5.74) is 0.318. The van der Waals surface area contributed by atoms with Gasteiger partial charge in [0, 0.05) is 18.7 Å². The zero-order valence-electron chi connectivity index (χ0n) is 13.4. The van der Waals surface area contributed by atoms with Crippen LogP contribution in [0.3, 0.4) is 0 Å². The molecule has 24 heavy (non-hydrogen) atoms. The van der Waals surface area contributed by atoms with Gasteiger partial charge in [-0.1, -0.05) is 11.2 Å². The minimum Gasteiger partial charge on any atom is -0.472 e. The third kappa shape index (κ3) is 3.58. The van der Waals surface area contributed by atoms with Crippen molar-refractivity contribution < 1.29 is 22.4 Å². The second-order valence-corrected chi connectivity index (χ2v) is 7.22. The van der Waals surface area contributed by atoms with Crippen LogP contribution in [0.4, 0.5) is 0 Å². The predicted octanol–water partition coefficient (Wildman–Crippen LogP) is 1.20. The molecule has 0 aliphatic carbocycles. The van der Waals surface area contributed by atoms with Gasteiger partial charge < -0.3 is 14.0 Å². The molecule has 2 aromatic heterocycles. The molecule has 1 N–H and O–H groups in total. The number of aryl methyl sites for hydroxylation is 2. The highest BCUT2D eigenvalue weighted by atomic mass is 32.2. The fourth-order valence-corrected chi connectivity index (χ4v) is 4.24. The lowest BCUT2D eigenvalue weighted by Gasteiger charge is -2.31. The molecule has 8 nitrogen and oxygen atoms in total. The van der Waals surface area contributed by atoms with E-state index in [4.69, 9.17) is 14.0 Å². The van der Waals surface area contributed by atoms with Crippen molar-refractivity contribution in [2.45, 2.75) is 37.3 Å². The molecule has 0 saturated carbocycles. The number of ether oxygens (including phenoxy) is 2. The summed E-state index contributed by atoms with van der Waals surface area (Å²) in [4.78, 5) is 4.18. The van der Waals surface area contributed by atoms with Gasteiger partial charge in [-0.25, -0.2) is 18.1 Å². The Balaban J connectivity index is 1.79. The zero-order chi connectivity index (χ0) is 17.2. The minimum atomic E-state index is -3.79. The van der Waals surface area contributed by atoms with Crippen LogP contribution in [0.15, 0.2) is 33.8 Å². The third-order valence-corrected chi connectivity index (χ3v) is 5.48. The summed E-state index contributed by atoms with van der Waals surface area (Å²) >= 11 is 0. The Labute approximate surface area is 140 Å². The highest BCUT2D eigenvalue weighted by Crippen LogP contribution is 2.22. The summed E-state index contributed by atoms with van der Waals surface area (Å²) in [6.45, 7) is 3.87. The first-order valence-electron chi connectivity index (χ1n) is 7.58. The minimum absolute atomic E-state index is 0.0599. The molecule has 0 aromatic carbocycles. The summed E-state index contributed by atoms with van der Waals surface area (Å²) in [6.07, 6.45) is 1.81. The van der Waals surface area contributed by atoms with Gasteiger partial charge in [0.2, 0.25) is 15.9 Å². The molecule has 0 unspecified atom stereocenters. The molecule has 0 spiro atoms. The van der Waals surface area contributed by atoms with Crippen LogP contribution in [0.25, 0.3) is 0 Å². The molecule has 2 aromatic rings. The molecule has 3 heterocycles. The van der Waals surface area contributed by atoms with E-state index in [1.807, 2.05) is 6.07 Å². The number of nitrogens with one attached hydrogen (secondary N) is 1. The average Bonchev–Trinajstić information content (AvgIpc) is 2.90. The third-order valence-electron chi connectivity index (χ3n) is 3.75. The molecule has 1 aliphatic rings. The first kappa shape index (κ1) is 16.9. The average molecular weight is 353 g/mol. The maximum Gasteiger partial charge on any atom is 0.246 e. The van der Waals surface area contributed by atoms with Crippen LogP contribution in [0.1, 0.15) is 17.9 Å². The van der Waals surface area contributed by atoms with Crippen molar-refractivity contribution in [3.63, 3.8) is 0 Å². The Hall–Kier alpha value is -1.97. The second kappa shape index (κ2) is 6.88. The number of nitrogens with zero attached hydrogens (tertiary/aromatic N) is 2. The monoisotopic (exact) mass is 353 g/mol. The number of rotatable bonds is 5. The number of hydrogen-bond acceptors (Lipinski definition) is 7. The lowest BCUT2D eigenvalue weighted by Crippen LogP contribution is -2.51. The molecule has 2 atom stereocenters. The number of sulfonamides is 1. The topological polar surface area (TPSA) is 104 Å². The molecule has 1 fully saturated rings. The maximum atomic E-state index is 12.7. The number of aromatic nitrogens is 2. The standard InChI is InChI=1S/C15H19N3O5S/c1-10-15(11(2)23-17-10)24(19,20)18-12-9-21-8-6-13(12)22-14-5-3-4-7-16-14/h3-5,7,12-13,18H,6,8-9H2,1-2H3/t12-,13-/m1/s1. The van der Waals surface area contributed by atoms with Gasteiger partial charge in [0.25, 0.3) is 0 Å². The van der Waals surface area contributed by atoms with Crippen LogP contribution in [0, 0.1) is 13.8 Å². The van der Waals surface area contributed by atoms with Gasteiger partial charge >= 0.3 is 0 Å². The van der Waals surface area contributed by atoms with Crippen molar-refractivity contribution in [2.24, 2.45) is 0 Å². The summed E-state index contributed by atoms with van der Waals surface area (Å²) in [6, 6.07) is 4.80. The van der Waals surface area contributed by atoms with Crippen LogP contribution in [0.2, 0.25) is 0 Å². The fraction of sp³-hybridized carbons (Fsp3) is 0.467. The first-order chi connectivity index (χ1) is 11.5. The molecule has 3 rings (SSSR count). The molecular formula is C15H19N3O5S. The van der Waals surface area contributed by atoms with Crippen LogP contribution < -0.4 is 9.46 Å². The molecule has 0 bridgehead atoms. The van der Waals surface area contributed by atoms with Crippen molar-refractivity contribution in [2.75, 3.05) is 13.2 Å². The van der Waals surface area contributed by atoms with Crippen molar-refractivity contribution in [1.82, 2.24) is 14.9 Å². The SMILES string of the molecule is Cc1noc(C)c1S(=O)(=O)N[C@@H]1COCC[C@H]1Oc1ccccn1. The van der Waals surface area contributed by atoms with E-state index in [0.717, 1.165) is 0 Å². The van der Waals surface area contributed by atoms with Gasteiger partial charge in [-0.2, -0.15) is 0 Å². The van der Waals surface area contributed by atoms with Crippen LogP contribution in [0.5, 0.6) is 5.88 Å². The Kier molecular flexibility index (Phi) is 4.83. The Morgan fingerprint density at radius 1 is 1.33 bits per heavy atom. The van der Waals surface area contributed by atoms with Crippen molar-refractivity contribution >= 4 is 10.0 Å². The normalized spacial score (nSPS) is 21.6. The van der Waals surface area contributed by atoms with Crippen LogP contribution >= 0.6 is 0 Å². The van der Waals surface area contributed by atoms with E-state index in [1.54, 1.807) is 32.2 Å². The van der Waals surface area contributed by atoms with E-state index in [-0.39, 0.29) is 23.4 Å². The fourth-order valence-electron chi connectivity index (χ4n) is 2.66. The Morgan fingerprint density at radius 2 is 2.17 bits per heavy atom. The lowest BCUT2D eigenvalue weighted by atomic mass is 10.1. The van der Waals surface area contributed by atoms with E-state index in [1.165, 1.54) is 0 Å². The summed E-state index contributed by atoms with van der Waals surface area (Å²) in [7, 11) is -3.79. The van der Waals surface area contributed by atoms with Gasteiger partial charge in [0.1, 0.15) is 16.7 Å². The predicted molar refractivity (Wildman–Crippen MR) is 84.2 cm³/mol. The summed E-state index contributed by atoms with van der Waals surface area (Å²) in [5, 5.41) is 3.70. The Bertz CT molecular complexity index is 771. The van der Waals surface area contributed by atoms with Gasteiger partial charge in [0.05, 0.1) is 19.3 Å². The highest BCUT2D eigenvalue weighted by Gasteiger charge is 2.34. The van der Waals surface area contributed by atoms with E-state index in [0.29, 0.717) is 24.6 Å². The van der Waals surface area contributed by atoms with Gasteiger partial charge in [-0.15, -0.1) is 0 Å². The van der Waals surface area contributed by atoms with E-state index >= 15 is 0 Å². The van der Waals surface area contributed by atoms with Crippen molar-refractivity contribution in [3.8, 4) is 5.88 Å².